The van der Waals surface area contributed by atoms with E-state index in [1.807, 2.05) is 17.8 Å². The van der Waals surface area contributed by atoms with E-state index in [1.165, 1.54) is 20.9 Å². The smallest absolute Gasteiger partial charge is 0.0160 e. The van der Waals surface area contributed by atoms with Crippen molar-refractivity contribution < 1.29 is 0 Å². The molecule has 0 nitrogen and oxygen atoms in total. The second-order valence-electron chi connectivity index (χ2n) is 4.11. The molecule has 1 unspecified atom stereocenters. The summed E-state index contributed by atoms with van der Waals surface area (Å²) >= 11 is 1.85. The normalized spacial score (nSPS) is 23.8. The van der Waals surface area contributed by atoms with Gasteiger partial charge in [-0.15, -0.1) is 0 Å². The molecule has 2 rings (SSSR count). The molecule has 1 heterocycles. The first-order chi connectivity index (χ1) is 8.31. The van der Waals surface area contributed by atoms with E-state index in [0.29, 0.717) is 5.92 Å². The number of benzene rings is 1. The van der Waals surface area contributed by atoms with Gasteiger partial charge in [-0.2, -0.15) is 0 Å². The molecule has 1 aliphatic heterocycles. The van der Waals surface area contributed by atoms with E-state index in [4.69, 9.17) is 0 Å². The number of rotatable bonds is 2. The molecule has 0 amide bonds. The molecule has 0 bridgehead atoms. The van der Waals surface area contributed by atoms with Crippen LogP contribution in [0.1, 0.15) is 31.7 Å². The van der Waals surface area contributed by atoms with Gasteiger partial charge < -0.3 is 0 Å². The molecule has 17 heavy (non-hydrogen) atoms. The van der Waals surface area contributed by atoms with E-state index >= 15 is 0 Å². The number of hydrogen-bond acceptors (Lipinski definition) is 1. The monoisotopic (exact) mass is 242 g/mol. The highest BCUT2D eigenvalue weighted by Gasteiger charge is 2.25. The Morgan fingerprint density at radius 3 is 2.76 bits per heavy atom. The third-order valence-corrected chi connectivity index (χ3v) is 4.35. The number of hydrogen-bond donors (Lipinski definition) is 0. The minimum atomic E-state index is 0.531. The Hall–Kier alpha value is -1.21. The summed E-state index contributed by atoms with van der Waals surface area (Å²) in [5.41, 5.74) is 2.91. The Morgan fingerprint density at radius 2 is 2.12 bits per heavy atom. The van der Waals surface area contributed by atoms with Crippen molar-refractivity contribution in [2.24, 2.45) is 0 Å². The molecule has 1 aromatic rings. The zero-order chi connectivity index (χ0) is 12.3. The molecule has 1 aromatic carbocycles. The molecular weight excluding hydrogens is 224 g/mol. The van der Waals surface area contributed by atoms with Crippen LogP contribution in [0.5, 0.6) is 0 Å². The molecule has 0 aromatic heterocycles. The molecule has 0 fully saturated rings. The van der Waals surface area contributed by atoms with Crippen LogP contribution in [0, 0.1) is 0 Å². The maximum absolute atomic E-state index is 3.81. The number of allylic oxidation sites excluding steroid dienone is 4. The highest BCUT2D eigenvalue weighted by molar-refractivity contribution is 8.03. The van der Waals surface area contributed by atoms with Crippen LogP contribution in [0.15, 0.2) is 64.4 Å². The predicted molar refractivity (Wildman–Crippen MR) is 77.4 cm³/mol. The number of fused-ring (bicyclic) bond motifs is 1. The van der Waals surface area contributed by atoms with Gasteiger partial charge in [-0.3, -0.25) is 0 Å². The van der Waals surface area contributed by atoms with Gasteiger partial charge in [0.05, 0.1) is 0 Å². The van der Waals surface area contributed by atoms with E-state index in [1.54, 1.807) is 0 Å². The van der Waals surface area contributed by atoms with Gasteiger partial charge in [-0.05, 0) is 36.6 Å². The molecule has 0 saturated carbocycles. The van der Waals surface area contributed by atoms with Crippen LogP contribution < -0.4 is 0 Å². The predicted octanol–water partition coefficient (Wildman–Crippen LogP) is 5.30. The van der Waals surface area contributed by atoms with Gasteiger partial charge in [0.2, 0.25) is 0 Å². The Morgan fingerprint density at radius 1 is 1.35 bits per heavy atom. The quantitative estimate of drug-likeness (QED) is 0.678. The summed E-state index contributed by atoms with van der Waals surface area (Å²) in [6.45, 7) is 8.20. The van der Waals surface area contributed by atoms with Crippen LogP contribution in [0.3, 0.4) is 0 Å². The Kier molecular flexibility index (Phi) is 3.90. The summed E-state index contributed by atoms with van der Waals surface area (Å²) in [4.78, 5) is 2.73. The second-order valence-corrected chi connectivity index (χ2v) is 5.20. The first-order valence-corrected chi connectivity index (χ1v) is 6.89. The number of thioether (sulfide) groups is 1. The molecular formula is C16H18S. The first-order valence-electron chi connectivity index (χ1n) is 6.07. The van der Waals surface area contributed by atoms with E-state index in [-0.39, 0.29) is 0 Å². The van der Waals surface area contributed by atoms with Gasteiger partial charge in [0.25, 0.3) is 0 Å². The SMILES string of the molecule is C=C/C=C1/Sc2ccccc2C(CC)/C1=C/C. The van der Waals surface area contributed by atoms with Crippen molar-refractivity contribution in [3.8, 4) is 0 Å². The highest BCUT2D eigenvalue weighted by Crippen LogP contribution is 2.48. The zero-order valence-electron chi connectivity index (χ0n) is 10.4. The summed E-state index contributed by atoms with van der Waals surface area (Å²) in [6.07, 6.45) is 7.39. The lowest BCUT2D eigenvalue weighted by Crippen LogP contribution is -2.09. The van der Waals surface area contributed by atoms with Crippen LogP contribution in [0.4, 0.5) is 0 Å². The maximum atomic E-state index is 3.81. The van der Waals surface area contributed by atoms with Crippen molar-refractivity contribution in [2.45, 2.75) is 31.1 Å². The topological polar surface area (TPSA) is 0 Å². The minimum Gasteiger partial charge on any atom is -0.0990 e. The highest BCUT2D eigenvalue weighted by atomic mass is 32.2. The molecule has 0 saturated heterocycles. The summed E-state index contributed by atoms with van der Waals surface area (Å²) in [5, 5.41) is 0. The van der Waals surface area contributed by atoms with Crippen LogP contribution in [-0.2, 0) is 0 Å². The Labute approximate surface area is 108 Å². The van der Waals surface area contributed by atoms with Crippen LogP contribution in [0.25, 0.3) is 0 Å². The van der Waals surface area contributed by atoms with Crippen molar-refractivity contribution in [3.05, 3.63) is 65.1 Å². The van der Waals surface area contributed by atoms with Gasteiger partial charge in [0.1, 0.15) is 0 Å². The maximum Gasteiger partial charge on any atom is 0.0160 e. The standard InChI is InChI=1S/C16H18S/c1-4-9-15-13(6-3)12(5-2)14-10-7-8-11-16(14)17-15/h4,6-12H,1,5H2,2-3H3/b13-6-,15-9+. The molecule has 0 N–H and O–H groups in total. The lowest BCUT2D eigenvalue weighted by Gasteiger charge is -2.29. The summed E-state index contributed by atoms with van der Waals surface area (Å²) < 4.78 is 0. The van der Waals surface area contributed by atoms with Gasteiger partial charge in [0, 0.05) is 15.7 Å². The van der Waals surface area contributed by atoms with E-state index in [9.17, 15) is 0 Å². The Balaban J connectivity index is 2.56. The molecule has 1 atom stereocenters. The van der Waals surface area contributed by atoms with E-state index in [2.05, 4.69) is 56.8 Å². The summed E-state index contributed by atoms with van der Waals surface area (Å²) in [5.74, 6) is 0.531. The largest absolute Gasteiger partial charge is 0.0990 e. The van der Waals surface area contributed by atoms with E-state index in [0.717, 1.165) is 6.42 Å². The van der Waals surface area contributed by atoms with Crippen molar-refractivity contribution in [1.82, 2.24) is 0 Å². The fraction of sp³-hybridized carbons (Fsp3) is 0.250. The fourth-order valence-corrected chi connectivity index (χ4v) is 3.65. The van der Waals surface area contributed by atoms with Gasteiger partial charge in [0.15, 0.2) is 0 Å². The van der Waals surface area contributed by atoms with E-state index < -0.39 is 0 Å². The first kappa shape index (κ1) is 12.3. The van der Waals surface area contributed by atoms with Crippen LogP contribution >= 0.6 is 11.8 Å². The average molecular weight is 242 g/mol. The molecule has 0 spiro atoms. The van der Waals surface area contributed by atoms with Crippen molar-refractivity contribution in [1.29, 1.82) is 0 Å². The second kappa shape index (κ2) is 5.42. The lowest BCUT2D eigenvalue weighted by molar-refractivity contribution is 0.751. The molecule has 0 radical (unpaired) electrons. The molecule has 1 heteroatoms. The molecule has 1 aliphatic rings. The van der Waals surface area contributed by atoms with Gasteiger partial charge >= 0.3 is 0 Å². The van der Waals surface area contributed by atoms with Gasteiger partial charge in [-0.1, -0.05) is 55.6 Å². The third-order valence-electron chi connectivity index (χ3n) is 3.16. The summed E-state index contributed by atoms with van der Waals surface area (Å²) in [6, 6.07) is 8.72. The third kappa shape index (κ3) is 2.25. The average Bonchev–Trinajstić information content (AvgIpc) is 2.37. The molecule has 0 aliphatic carbocycles. The lowest BCUT2D eigenvalue weighted by atomic mass is 9.87. The summed E-state index contributed by atoms with van der Waals surface area (Å²) in [7, 11) is 0. The van der Waals surface area contributed by atoms with Crippen molar-refractivity contribution >= 4 is 11.8 Å². The van der Waals surface area contributed by atoms with Crippen molar-refractivity contribution in [2.75, 3.05) is 0 Å². The minimum absolute atomic E-state index is 0.531. The fourth-order valence-electron chi connectivity index (χ4n) is 2.40. The Bertz CT molecular complexity index is 480. The zero-order valence-corrected chi connectivity index (χ0v) is 11.3. The van der Waals surface area contributed by atoms with Crippen LogP contribution in [-0.4, -0.2) is 0 Å². The van der Waals surface area contributed by atoms with Crippen LogP contribution in [0.2, 0.25) is 0 Å². The van der Waals surface area contributed by atoms with Gasteiger partial charge in [-0.25, -0.2) is 0 Å². The van der Waals surface area contributed by atoms with Crippen molar-refractivity contribution in [3.63, 3.8) is 0 Å². The molecule has 88 valence electrons.